The smallest absolute Gasteiger partial charge is 0.415 e. The molecular formula is C28H38F4O4. The highest BCUT2D eigenvalue weighted by Gasteiger charge is 2.73. The van der Waals surface area contributed by atoms with E-state index in [9.17, 15) is 9.59 Å². The lowest BCUT2D eigenvalue weighted by atomic mass is 9.46. The summed E-state index contributed by atoms with van der Waals surface area (Å²) in [5.74, 6) is -13.5. The van der Waals surface area contributed by atoms with Gasteiger partial charge in [-0.05, 0) is 113 Å². The van der Waals surface area contributed by atoms with E-state index in [1.165, 1.54) is 0 Å². The first-order valence-corrected chi connectivity index (χ1v) is 13.9. The first-order valence-electron chi connectivity index (χ1n) is 13.9. The zero-order valence-electron chi connectivity index (χ0n) is 21.6. The number of rotatable bonds is 5. The van der Waals surface area contributed by atoms with Gasteiger partial charge in [0.25, 0.3) is 0 Å². The lowest BCUT2D eigenvalue weighted by molar-refractivity contribution is -0.274. The van der Waals surface area contributed by atoms with Crippen LogP contribution in [0, 0.1) is 59.2 Å². The van der Waals surface area contributed by atoms with Gasteiger partial charge in [-0.1, -0.05) is 13.8 Å². The summed E-state index contributed by atoms with van der Waals surface area (Å²) in [7, 11) is 0. The van der Waals surface area contributed by atoms with E-state index in [-0.39, 0.29) is 35.5 Å². The third kappa shape index (κ3) is 3.17. The van der Waals surface area contributed by atoms with Crippen molar-refractivity contribution in [2.75, 3.05) is 0 Å². The molecule has 0 spiro atoms. The number of halogens is 4. The Balaban J connectivity index is 1.20. The Morgan fingerprint density at radius 1 is 0.639 bits per heavy atom. The van der Waals surface area contributed by atoms with Crippen molar-refractivity contribution in [1.29, 1.82) is 0 Å². The topological polar surface area (TPSA) is 52.6 Å². The molecule has 8 aliphatic rings. The van der Waals surface area contributed by atoms with E-state index in [2.05, 4.69) is 0 Å². The van der Waals surface area contributed by atoms with E-state index >= 15 is 17.6 Å². The van der Waals surface area contributed by atoms with Crippen molar-refractivity contribution < 1.29 is 36.6 Å². The zero-order chi connectivity index (χ0) is 26.0. The third-order valence-corrected chi connectivity index (χ3v) is 12.2. The van der Waals surface area contributed by atoms with E-state index in [0.717, 1.165) is 51.4 Å². The van der Waals surface area contributed by atoms with Crippen LogP contribution in [0.15, 0.2) is 0 Å². The van der Waals surface area contributed by atoms with Crippen molar-refractivity contribution in [3.63, 3.8) is 0 Å². The van der Waals surface area contributed by atoms with Gasteiger partial charge in [-0.3, -0.25) is 0 Å². The maximum absolute atomic E-state index is 15.1. The van der Waals surface area contributed by atoms with Gasteiger partial charge in [0.1, 0.15) is 11.2 Å². The Hall–Kier alpha value is -1.34. The van der Waals surface area contributed by atoms with Gasteiger partial charge < -0.3 is 9.47 Å². The van der Waals surface area contributed by atoms with Gasteiger partial charge in [-0.15, -0.1) is 0 Å². The predicted molar refractivity (Wildman–Crippen MR) is 122 cm³/mol. The molecular weight excluding hydrogens is 476 g/mol. The Kier molecular flexibility index (Phi) is 5.28. The molecule has 12 atom stereocenters. The number of carbonyl (C=O) groups is 2. The van der Waals surface area contributed by atoms with Crippen molar-refractivity contribution in [3.05, 3.63) is 0 Å². The summed E-state index contributed by atoms with van der Waals surface area (Å²) in [5.41, 5.74) is -2.45. The molecule has 8 saturated carbocycles. The molecule has 8 fully saturated rings. The molecule has 0 aromatic carbocycles. The maximum atomic E-state index is 15.1. The molecule has 8 bridgehead atoms. The lowest BCUT2D eigenvalue weighted by Crippen LogP contribution is -2.65. The largest absolute Gasteiger partial charge is 0.454 e. The quantitative estimate of drug-likeness (QED) is 0.321. The molecule has 202 valence electrons. The molecule has 12 unspecified atom stereocenters. The summed E-state index contributed by atoms with van der Waals surface area (Å²) in [6.45, 7) is 7.32. The highest BCUT2D eigenvalue weighted by Crippen LogP contribution is 2.63. The van der Waals surface area contributed by atoms with Gasteiger partial charge in [0, 0.05) is 11.8 Å². The molecule has 0 aromatic heterocycles. The van der Waals surface area contributed by atoms with Crippen LogP contribution < -0.4 is 0 Å². The molecule has 0 amide bonds. The zero-order valence-corrected chi connectivity index (χ0v) is 21.6. The standard InChI is InChI=1S/C28H38F4O4/c1-13-17-5-15-7-19(11-17)25(3,21(13)9-15)35-23(33)27(29,30)28(31,32)24(34)36-26(4)20-8-16-6-18(12-20)14(2)22(26)10-16/h13-22H,5-12H2,1-4H3. The monoisotopic (exact) mass is 514 g/mol. The number of esters is 2. The van der Waals surface area contributed by atoms with Crippen LogP contribution in [-0.2, 0) is 19.1 Å². The Morgan fingerprint density at radius 3 is 1.36 bits per heavy atom. The molecule has 8 rings (SSSR count). The van der Waals surface area contributed by atoms with Crippen LogP contribution in [-0.4, -0.2) is 35.0 Å². The molecule has 0 radical (unpaired) electrons. The molecule has 0 saturated heterocycles. The third-order valence-electron chi connectivity index (χ3n) is 12.2. The number of ether oxygens (including phenoxy) is 2. The highest BCUT2D eigenvalue weighted by molar-refractivity contribution is 5.90. The molecule has 0 N–H and O–H groups in total. The van der Waals surface area contributed by atoms with Crippen LogP contribution in [0.5, 0.6) is 0 Å². The highest BCUT2D eigenvalue weighted by atomic mass is 19.3. The number of hydrogen-bond donors (Lipinski definition) is 0. The fourth-order valence-electron chi connectivity index (χ4n) is 10.2. The molecule has 8 aliphatic carbocycles. The minimum Gasteiger partial charge on any atom is -0.454 e. The second-order valence-electron chi connectivity index (χ2n) is 13.8. The lowest BCUT2D eigenvalue weighted by Gasteiger charge is -2.62. The van der Waals surface area contributed by atoms with Crippen LogP contribution in [0.3, 0.4) is 0 Å². The summed E-state index contributed by atoms with van der Waals surface area (Å²) in [4.78, 5) is 25.5. The molecule has 0 aliphatic heterocycles. The average Bonchev–Trinajstić information content (AvgIpc) is 2.81. The summed E-state index contributed by atoms with van der Waals surface area (Å²) >= 11 is 0. The molecule has 4 nitrogen and oxygen atoms in total. The van der Waals surface area contributed by atoms with Crippen LogP contribution in [0.4, 0.5) is 17.6 Å². The van der Waals surface area contributed by atoms with Crippen LogP contribution in [0.25, 0.3) is 0 Å². The van der Waals surface area contributed by atoms with E-state index < -0.39 is 35.0 Å². The SMILES string of the molecule is CC1C2CC3CC(C2)C(C)(OC(=O)C(F)(F)C(F)(F)C(=O)OC2(C)C4CC5CC(C4)C(C)C2C5)C1C3. The van der Waals surface area contributed by atoms with Crippen molar-refractivity contribution in [1.82, 2.24) is 0 Å². The summed E-state index contributed by atoms with van der Waals surface area (Å²) in [5, 5.41) is 0. The van der Waals surface area contributed by atoms with Crippen molar-refractivity contribution >= 4 is 11.9 Å². The first kappa shape index (κ1) is 25.0. The van der Waals surface area contributed by atoms with Gasteiger partial charge in [-0.2, -0.15) is 17.6 Å². The van der Waals surface area contributed by atoms with Crippen LogP contribution >= 0.6 is 0 Å². The minimum absolute atomic E-state index is 0.120. The molecule has 36 heavy (non-hydrogen) atoms. The van der Waals surface area contributed by atoms with E-state index in [0.29, 0.717) is 23.7 Å². The van der Waals surface area contributed by atoms with Gasteiger partial charge in [0.2, 0.25) is 0 Å². The number of carbonyl (C=O) groups excluding carboxylic acids is 2. The summed E-state index contributed by atoms with van der Waals surface area (Å²) in [6.07, 6.45) is 6.72. The van der Waals surface area contributed by atoms with Crippen LogP contribution in [0.2, 0.25) is 0 Å². The second kappa shape index (κ2) is 7.62. The van der Waals surface area contributed by atoms with E-state index in [1.807, 2.05) is 13.8 Å². The summed E-state index contributed by atoms with van der Waals surface area (Å²) < 4.78 is 71.1. The van der Waals surface area contributed by atoms with Crippen molar-refractivity contribution in [2.45, 2.75) is 102 Å². The average molecular weight is 515 g/mol. The predicted octanol–water partition coefficient (Wildman–Crippen LogP) is 6.27. The molecule has 0 heterocycles. The van der Waals surface area contributed by atoms with Crippen molar-refractivity contribution in [2.24, 2.45) is 59.2 Å². The Labute approximate surface area is 210 Å². The van der Waals surface area contributed by atoms with E-state index in [4.69, 9.17) is 9.47 Å². The van der Waals surface area contributed by atoms with Gasteiger partial charge in [0.15, 0.2) is 0 Å². The molecule has 0 aromatic rings. The first-order chi connectivity index (χ1) is 16.7. The van der Waals surface area contributed by atoms with Gasteiger partial charge in [0.05, 0.1) is 0 Å². The fourth-order valence-corrected chi connectivity index (χ4v) is 10.2. The normalized spacial score (nSPS) is 50.9. The van der Waals surface area contributed by atoms with Crippen molar-refractivity contribution in [3.8, 4) is 0 Å². The Bertz CT molecular complexity index is 893. The van der Waals surface area contributed by atoms with Gasteiger partial charge in [-0.25, -0.2) is 9.59 Å². The van der Waals surface area contributed by atoms with Crippen LogP contribution in [0.1, 0.15) is 79.1 Å². The Morgan fingerprint density at radius 2 is 1.00 bits per heavy atom. The van der Waals surface area contributed by atoms with Gasteiger partial charge >= 0.3 is 23.8 Å². The minimum atomic E-state index is -5.31. The number of hydrogen-bond acceptors (Lipinski definition) is 4. The molecule has 8 heteroatoms. The summed E-state index contributed by atoms with van der Waals surface area (Å²) in [6, 6.07) is 0. The number of alkyl halides is 4. The maximum Gasteiger partial charge on any atom is 0.415 e. The second-order valence-corrected chi connectivity index (χ2v) is 13.8. The van der Waals surface area contributed by atoms with E-state index in [1.54, 1.807) is 13.8 Å². The fraction of sp³-hybridized carbons (Fsp3) is 0.929.